The van der Waals surface area contributed by atoms with Gasteiger partial charge in [0, 0.05) is 20.3 Å². The van der Waals surface area contributed by atoms with Gasteiger partial charge in [0.25, 0.3) is 0 Å². The van der Waals surface area contributed by atoms with Gasteiger partial charge in [0.2, 0.25) is 0 Å². The normalized spacial score (nSPS) is 9.77. The van der Waals surface area contributed by atoms with Crippen molar-refractivity contribution in [1.29, 1.82) is 0 Å². The Morgan fingerprint density at radius 1 is 1.62 bits per heavy atom. The van der Waals surface area contributed by atoms with E-state index in [9.17, 15) is 4.79 Å². The summed E-state index contributed by atoms with van der Waals surface area (Å²) in [5.74, 6) is 0.554. The van der Waals surface area contributed by atoms with Gasteiger partial charge in [-0.15, -0.1) is 11.6 Å². The molecule has 0 bridgehead atoms. The second-order valence-electron chi connectivity index (χ2n) is 2.83. The molecule has 0 radical (unpaired) electrons. The average molecular weight is 199 g/mol. The first-order valence-corrected chi connectivity index (χ1v) is 4.41. The summed E-state index contributed by atoms with van der Waals surface area (Å²) in [7, 11) is 3.68. The number of carbonyl (C=O) groups excluding carboxylic acids is 1. The molecule has 0 atom stereocenters. The largest absolute Gasteiger partial charge is 0.362 e. The number of pyridine rings is 1. The molecule has 0 unspecified atom stereocenters. The third-order valence-electron chi connectivity index (χ3n) is 1.63. The Labute approximate surface area is 82.3 Å². The van der Waals surface area contributed by atoms with Crippen molar-refractivity contribution in [2.45, 2.75) is 0 Å². The Kier molecular flexibility index (Phi) is 3.25. The van der Waals surface area contributed by atoms with Crippen molar-refractivity contribution in [1.82, 2.24) is 4.98 Å². The van der Waals surface area contributed by atoms with E-state index in [1.165, 1.54) is 0 Å². The van der Waals surface area contributed by atoms with Gasteiger partial charge in [0.05, 0.1) is 11.4 Å². The Balaban J connectivity index is 3.12. The second-order valence-corrected chi connectivity index (χ2v) is 3.09. The SMILES string of the molecule is CN(C)c1ncccc1C(=O)CCl. The van der Waals surface area contributed by atoms with Gasteiger partial charge in [0.15, 0.2) is 5.78 Å². The summed E-state index contributed by atoms with van der Waals surface area (Å²) in [6.07, 6.45) is 1.65. The zero-order valence-corrected chi connectivity index (χ0v) is 8.38. The number of carbonyl (C=O) groups is 1. The number of Topliss-reactive ketones (excluding diaryl/α,β-unsaturated/α-hetero) is 1. The number of alkyl halides is 1. The van der Waals surface area contributed by atoms with Crippen LogP contribution in [0.3, 0.4) is 0 Å². The Morgan fingerprint density at radius 2 is 2.31 bits per heavy atom. The van der Waals surface area contributed by atoms with E-state index in [1.54, 1.807) is 23.2 Å². The third-order valence-corrected chi connectivity index (χ3v) is 1.87. The third kappa shape index (κ3) is 2.18. The Hall–Kier alpha value is -1.09. The lowest BCUT2D eigenvalue weighted by Gasteiger charge is -2.13. The maximum Gasteiger partial charge on any atom is 0.181 e. The number of hydrogen-bond acceptors (Lipinski definition) is 3. The highest BCUT2D eigenvalue weighted by Gasteiger charge is 2.11. The van der Waals surface area contributed by atoms with Crippen LogP contribution in [-0.4, -0.2) is 30.7 Å². The van der Waals surface area contributed by atoms with E-state index in [0.717, 1.165) is 0 Å². The van der Waals surface area contributed by atoms with Gasteiger partial charge in [-0.05, 0) is 12.1 Å². The molecule has 0 aliphatic carbocycles. The minimum atomic E-state index is -0.0986. The van der Waals surface area contributed by atoms with Crippen LogP contribution in [-0.2, 0) is 0 Å². The van der Waals surface area contributed by atoms with Crippen molar-refractivity contribution in [2.75, 3.05) is 24.9 Å². The van der Waals surface area contributed by atoms with Crippen LogP contribution in [0.25, 0.3) is 0 Å². The molecule has 70 valence electrons. The van der Waals surface area contributed by atoms with Crippen LogP contribution in [0.15, 0.2) is 18.3 Å². The van der Waals surface area contributed by atoms with E-state index in [2.05, 4.69) is 4.98 Å². The molecule has 1 aromatic heterocycles. The van der Waals surface area contributed by atoms with Gasteiger partial charge >= 0.3 is 0 Å². The first-order chi connectivity index (χ1) is 6.16. The minimum absolute atomic E-state index is 0.00741. The fraction of sp³-hybridized carbons (Fsp3) is 0.333. The van der Waals surface area contributed by atoms with Gasteiger partial charge in [0.1, 0.15) is 5.82 Å². The highest BCUT2D eigenvalue weighted by Crippen LogP contribution is 2.15. The average Bonchev–Trinajstić information content (AvgIpc) is 2.16. The quantitative estimate of drug-likeness (QED) is 0.546. The number of halogens is 1. The lowest BCUT2D eigenvalue weighted by Crippen LogP contribution is -2.16. The molecule has 0 aliphatic rings. The molecule has 0 aliphatic heterocycles. The summed E-state index contributed by atoms with van der Waals surface area (Å²) in [5.41, 5.74) is 0.572. The summed E-state index contributed by atoms with van der Waals surface area (Å²) >= 11 is 5.47. The second kappa shape index (κ2) is 4.23. The Morgan fingerprint density at radius 3 is 2.85 bits per heavy atom. The fourth-order valence-electron chi connectivity index (χ4n) is 1.04. The zero-order chi connectivity index (χ0) is 9.84. The van der Waals surface area contributed by atoms with Crippen LogP contribution in [0.1, 0.15) is 10.4 Å². The van der Waals surface area contributed by atoms with E-state index in [-0.39, 0.29) is 11.7 Å². The van der Waals surface area contributed by atoms with Crippen LogP contribution >= 0.6 is 11.6 Å². The van der Waals surface area contributed by atoms with E-state index in [4.69, 9.17) is 11.6 Å². The molecule has 0 saturated carbocycles. The lowest BCUT2D eigenvalue weighted by atomic mass is 10.2. The number of aromatic nitrogens is 1. The van der Waals surface area contributed by atoms with Gasteiger partial charge in [-0.3, -0.25) is 4.79 Å². The molecular weight excluding hydrogens is 188 g/mol. The molecule has 0 saturated heterocycles. The molecule has 4 heteroatoms. The zero-order valence-electron chi connectivity index (χ0n) is 7.62. The molecule has 3 nitrogen and oxygen atoms in total. The lowest BCUT2D eigenvalue weighted by molar-refractivity contribution is 0.102. The number of rotatable bonds is 3. The minimum Gasteiger partial charge on any atom is -0.362 e. The first-order valence-electron chi connectivity index (χ1n) is 3.88. The number of ketones is 1. The van der Waals surface area contributed by atoms with Crippen molar-refractivity contribution in [3.05, 3.63) is 23.9 Å². The molecular formula is C9H11ClN2O. The molecule has 1 aromatic rings. The topological polar surface area (TPSA) is 33.2 Å². The standard InChI is InChI=1S/C9H11ClN2O/c1-12(2)9-7(8(13)6-10)4-3-5-11-9/h3-5H,6H2,1-2H3. The molecule has 0 N–H and O–H groups in total. The summed E-state index contributed by atoms with van der Waals surface area (Å²) < 4.78 is 0. The van der Waals surface area contributed by atoms with Crippen molar-refractivity contribution in [3.63, 3.8) is 0 Å². The molecule has 13 heavy (non-hydrogen) atoms. The van der Waals surface area contributed by atoms with E-state index in [0.29, 0.717) is 11.4 Å². The predicted molar refractivity (Wildman–Crippen MR) is 53.6 cm³/mol. The summed E-state index contributed by atoms with van der Waals surface area (Å²) in [5, 5.41) is 0. The van der Waals surface area contributed by atoms with Crippen molar-refractivity contribution < 1.29 is 4.79 Å². The van der Waals surface area contributed by atoms with Crippen molar-refractivity contribution >= 4 is 23.2 Å². The van der Waals surface area contributed by atoms with Gasteiger partial charge in [-0.25, -0.2) is 4.98 Å². The van der Waals surface area contributed by atoms with Gasteiger partial charge in [-0.1, -0.05) is 0 Å². The summed E-state index contributed by atoms with van der Waals surface area (Å²) in [6, 6.07) is 3.46. The maximum atomic E-state index is 11.3. The van der Waals surface area contributed by atoms with E-state index >= 15 is 0 Å². The van der Waals surface area contributed by atoms with Gasteiger partial charge < -0.3 is 4.90 Å². The summed E-state index contributed by atoms with van der Waals surface area (Å²) in [4.78, 5) is 17.2. The smallest absolute Gasteiger partial charge is 0.181 e. The van der Waals surface area contributed by atoms with E-state index < -0.39 is 0 Å². The number of anilines is 1. The molecule has 1 heterocycles. The molecule has 0 amide bonds. The van der Waals surface area contributed by atoms with Gasteiger partial charge in [-0.2, -0.15) is 0 Å². The monoisotopic (exact) mass is 198 g/mol. The van der Waals surface area contributed by atoms with Crippen molar-refractivity contribution in [2.24, 2.45) is 0 Å². The fourth-order valence-corrected chi connectivity index (χ4v) is 1.19. The number of nitrogens with zero attached hydrogens (tertiary/aromatic N) is 2. The highest BCUT2D eigenvalue weighted by molar-refractivity contribution is 6.31. The first kappa shape index (κ1) is 9.99. The van der Waals surface area contributed by atoms with Crippen molar-refractivity contribution in [3.8, 4) is 0 Å². The molecule has 0 fully saturated rings. The van der Waals surface area contributed by atoms with Crippen LogP contribution < -0.4 is 4.90 Å². The molecule has 0 aromatic carbocycles. The summed E-state index contributed by atoms with van der Waals surface area (Å²) in [6.45, 7) is 0. The van der Waals surface area contributed by atoms with Crippen LogP contribution in [0.2, 0.25) is 0 Å². The van der Waals surface area contributed by atoms with Crippen LogP contribution in [0.5, 0.6) is 0 Å². The van der Waals surface area contributed by atoms with Crippen LogP contribution in [0.4, 0.5) is 5.82 Å². The predicted octanol–water partition coefficient (Wildman–Crippen LogP) is 1.57. The molecule has 0 spiro atoms. The highest BCUT2D eigenvalue weighted by atomic mass is 35.5. The maximum absolute atomic E-state index is 11.3. The number of hydrogen-bond donors (Lipinski definition) is 0. The van der Waals surface area contributed by atoms with Crippen LogP contribution in [0, 0.1) is 0 Å². The Bertz CT molecular complexity index is 312. The van der Waals surface area contributed by atoms with E-state index in [1.807, 2.05) is 14.1 Å². The molecule has 1 rings (SSSR count).